The van der Waals surface area contributed by atoms with E-state index in [-0.39, 0.29) is 22.3 Å². The zero-order chi connectivity index (χ0) is 25.9. The van der Waals surface area contributed by atoms with Crippen molar-refractivity contribution in [1.82, 2.24) is 0 Å². The average Bonchev–Trinajstić information content (AvgIpc) is 2.87. The second kappa shape index (κ2) is 13.4. The van der Waals surface area contributed by atoms with Crippen molar-refractivity contribution in [1.29, 1.82) is 0 Å². The fourth-order valence-corrected chi connectivity index (χ4v) is 4.30. The highest BCUT2D eigenvalue weighted by Crippen LogP contribution is 2.24. The van der Waals surface area contributed by atoms with Gasteiger partial charge >= 0.3 is 23.9 Å². The maximum Gasteiger partial charge on any atom is 0.338 e. The summed E-state index contributed by atoms with van der Waals surface area (Å²) in [5.74, 6) is -3.37. The number of hydrogen-bond donors (Lipinski definition) is 2. The summed E-state index contributed by atoms with van der Waals surface area (Å²) < 4.78 is 11.7. The van der Waals surface area contributed by atoms with Gasteiger partial charge in [0.1, 0.15) is 12.2 Å². The number of ether oxygens (including phenoxy) is 2. The Bertz CT molecular complexity index is 957. The number of carbonyl (C=O) groups excluding carboxylic acids is 2. The van der Waals surface area contributed by atoms with Crippen LogP contribution < -0.4 is 0 Å². The predicted molar refractivity (Wildman–Crippen MR) is 131 cm³/mol. The van der Waals surface area contributed by atoms with Gasteiger partial charge in [0.25, 0.3) is 0 Å². The lowest BCUT2D eigenvalue weighted by Gasteiger charge is -2.28. The number of aromatic carboxylic acids is 2. The number of carboxylic acid groups (broad SMARTS) is 2. The Kier molecular flexibility index (Phi) is 10.0. The molecule has 2 aromatic rings. The third-order valence-corrected chi connectivity index (χ3v) is 6.39. The third kappa shape index (κ3) is 7.93. The third-order valence-electron chi connectivity index (χ3n) is 6.39. The van der Waals surface area contributed by atoms with E-state index in [2.05, 4.69) is 0 Å². The van der Waals surface area contributed by atoms with Crippen LogP contribution in [0.4, 0.5) is 0 Å². The molecular weight excluding hydrogens is 464 g/mol. The average molecular weight is 497 g/mol. The van der Waals surface area contributed by atoms with E-state index in [9.17, 15) is 19.2 Å². The summed E-state index contributed by atoms with van der Waals surface area (Å²) in [6, 6.07) is 11.0. The summed E-state index contributed by atoms with van der Waals surface area (Å²) >= 11 is 0. The molecule has 192 valence electrons. The first-order chi connectivity index (χ1) is 17.3. The van der Waals surface area contributed by atoms with Gasteiger partial charge in [-0.05, 0) is 74.2 Å². The van der Waals surface area contributed by atoms with Crippen molar-refractivity contribution in [3.63, 3.8) is 0 Å². The van der Waals surface area contributed by atoms with E-state index in [1.807, 2.05) is 0 Å². The van der Waals surface area contributed by atoms with Crippen molar-refractivity contribution in [2.24, 2.45) is 0 Å². The zero-order valence-electron chi connectivity index (χ0n) is 20.2. The fraction of sp³-hybridized carbons (Fsp3) is 0.429. The highest BCUT2D eigenvalue weighted by atomic mass is 16.6. The van der Waals surface area contributed by atoms with E-state index in [4.69, 9.17) is 19.7 Å². The minimum Gasteiger partial charge on any atom is -0.478 e. The standard InChI is InChI=1S/C28H32O8/c29-25(30)19-11-15-21(16-12-19)27(33)35-23-9-7-5-3-1-2-4-6-8-10-24(23)36-28(34)22-17-13-20(14-18-22)26(31)32/h11-18,23-24H,1-10H2,(H,29,30)(H,31,32). The van der Waals surface area contributed by atoms with Gasteiger partial charge in [0.2, 0.25) is 0 Å². The largest absolute Gasteiger partial charge is 0.478 e. The van der Waals surface area contributed by atoms with Crippen LogP contribution in [0, 0.1) is 0 Å². The van der Waals surface area contributed by atoms with Gasteiger partial charge in [-0.2, -0.15) is 0 Å². The van der Waals surface area contributed by atoms with Crippen molar-refractivity contribution in [3.8, 4) is 0 Å². The lowest BCUT2D eigenvalue weighted by molar-refractivity contribution is -0.0426. The first-order valence-corrected chi connectivity index (χ1v) is 12.4. The Hall–Kier alpha value is -3.68. The smallest absolute Gasteiger partial charge is 0.338 e. The summed E-state index contributed by atoms with van der Waals surface area (Å²) in [6.07, 6.45) is 7.90. The van der Waals surface area contributed by atoms with Crippen LogP contribution in [0.25, 0.3) is 0 Å². The van der Waals surface area contributed by atoms with Crippen LogP contribution in [0.5, 0.6) is 0 Å². The van der Waals surface area contributed by atoms with Crippen LogP contribution >= 0.6 is 0 Å². The molecule has 0 heterocycles. The second-order valence-electron chi connectivity index (χ2n) is 9.06. The van der Waals surface area contributed by atoms with Gasteiger partial charge in [-0.1, -0.05) is 38.5 Å². The highest BCUT2D eigenvalue weighted by molar-refractivity contribution is 5.93. The minimum absolute atomic E-state index is 0.0679. The first-order valence-electron chi connectivity index (χ1n) is 12.4. The van der Waals surface area contributed by atoms with Gasteiger partial charge < -0.3 is 19.7 Å². The molecule has 2 atom stereocenters. The molecule has 2 N–H and O–H groups in total. The Morgan fingerprint density at radius 3 is 1.08 bits per heavy atom. The van der Waals surface area contributed by atoms with Crippen LogP contribution in [0.15, 0.2) is 48.5 Å². The number of carboxylic acids is 2. The first kappa shape index (κ1) is 26.9. The summed E-state index contributed by atoms with van der Waals surface area (Å²) in [4.78, 5) is 48.0. The molecule has 3 rings (SSSR count). The summed E-state index contributed by atoms with van der Waals surface area (Å²) in [5, 5.41) is 18.2. The maximum absolute atomic E-state index is 12.9. The van der Waals surface area contributed by atoms with Crippen molar-refractivity contribution < 1.29 is 38.9 Å². The lowest BCUT2D eigenvalue weighted by atomic mass is 9.97. The number of hydrogen-bond acceptors (Lipinski definition) is 6. The molecule has 1 fully saturated rings. The molecule has 0 spiro atoms. The number of esters is 2. The molecule has 8 nitrogen and oxygen atoms in total. The van der Waals surface area contributed by atoms with E-state index in [0.29, 0.717) is 12.8 Å². The minimum atomic E-state index is -1.09. The van der Waals surface area contributed by atoms with Crippen LogP contribution in [0.3, 0.4) is 0 Å². The summed E-state index contributed by atoms with van der Waals surface area (Å²) in [5.41, 5.74) is 0.581. The topological polar surface area (TPSA) is 127 Å². The Morgan fingerprint density at radius 2 is 0.778 bits per heavy atom. The Labute approximate surface area is 210 Å². The molecule has 0 saturated heterocycles. The predicted octanol–water partition coefficient (Wildman–Crippen LogP) is 5.75. The van der Waals surface area contributed by atoms with Crippen molar-refractivity contribution in [2.45, 2.75) is 76.4 Å². The highest BCUT2D eigenvalue weighted by Gasteiger charge is 2.29. The Morgan fingerprint density at radius 1 is 0.500 bits per heavy atom. The number of carbonyl (C=O) groups is 4. The van der Waals surface area contributed by atoms with Crippen molar-refractivity contribution in [2.75, 3.05) is 0 Å². The quantitative estimate of drug-likeness (QED) is 0.484. The van der Waals surface area contributed by atoms with Gasteiger partial charge in [0, 0.05) is 0 Å². The van der Waals surface area contributed by atoms with Gasteiger partial charge in [0.15, 0.2) is 0 Å². The van der Waals surface area contributed by atoms with Gasteiger partial charge in [-0.15, -0.1) is 0 Å². The van der Waals surface area contributed by atoms with Crippen LogP contribution in [-0.2, 0) is 9.47 Å². The summed E-state index contributed by atoms with van der Waals surface area (Å²) in [7, 11) is 0. The molecule has 1 aliphatic rings. The molecule has 8 heteroatoms. The molecule has 1 saturated carbocycles. The van der Waals surface area contributed by atoms with Gasteiger partial charge in [-0.3, -0.25) is 0 Å². The molecule has 2 aromatic carbocycles. The molecule has 0 bridgehead atoms. The van der Waals surface area contributed by atoms with E-state index in [1.54, 1.807) is 0 Å². The number of rotatable bonds is 6. The zero-order valence-corrected chi connectivity index (χ0v) is 20.2. The molecule has 1 aliphatic carbocycles. The molecule has 0 aliphatic heterocycles. The SMILES string of the molecule is O=C(O)c1ccc(C(=O)OC2CCCCCCCCCCC2OC(=O)c2ccc(C(=O)O)cc2)cc1. The van der Waals surface area contributed by atoms with E-state index in [0.717, 1.165) is 38.5 Å². The van der Waals surface area contributed by atoms with Crippen LogP contribution in [0.1, 0.15) is 106 Å². The second-order valence-corrected chi connectivity index (χ2v) is 9.06. The summed E-state index contributed by atoms with van der Waals surface area (Å²) in [6.45, 7) is 0. The molecule has 0 aromatic heterocycles. The fourth-order valence-electron chi connectivity index (χ4n) is 4.30. The molecule has 0 amide bonds. The molecule has 36 heavy (non-hydrogen) atoms. The molecule has 0 radical (unpaired) electrons. The van der Waals surface area contributed by atoms with E-state index >= 15 is 0 Å². The monoisotopic (exact) mass is 496 g/mol. The maximum atomic E-state index is 12.9. The van der Waals surface area contributed by atoms with Crippen molar-refractivity contribution >= 4 is 23.9 Å². The normalized spacial score (nSPS) is 19.2. The molecule has 2 unspecified atom stereocenters. The van der Waals surface area contributed by atoms with E-state index < -0.39 is 36.1 Å². The lowest BCUT2D eigenvalue weighted by Crippen LogP contribution is -2.35. The Balaban J connectivity index is 1.77. The van der Waals surface area contributed by atoms with Crippen molar-refractivity contribution in [3.05, 3.63) is 70.8 Å². The molecular formula is C28H32O8. The van der Waals surface area contributed by atoms with Gasteiger partial charge in [-0.25, -0.2) is 19.2 Å². The van der Waals surface area contributed by atoms with Crippen LogP contribution in [-0.4, -0.2) is 46.3 Å². The van der Waals surface area contributed by atoms with Gasteiger partial charge in [0.05, 0.1) is 22.3 Å². The number of benzene rings is 2. The van der Waals surface area contributed by atoms with Crippen LogP contribution in [0.2, 0.25) is 0 Å². The van der Waals surface area contributed by atoms with E-state index in [1.165, 1.54) is 61.4 Å².